The van der Waals surface area contributed by atoms with Crippen LogP contribution in [0.5, 0.6) is 0 Å². The van der Waals surface area contributed by atoms with Gasteiger partial charge in [-0.25, -0.2) is 0 Å². The summed E-state index contributed by atoms with van der Waals surface area (Å²) in [5, 5.41) is 0. The monoisotopic (exact) mass is 599 g/mol. The zero-order valence-electron chi connectivity index (χ0n) is 28.6. The number of hydrogen-bond donors (Lipinski definition) is 0. The average Bonchev–Trinajstić information content (AvgIpc) is 3.02. The molecule has 0 radical (unpaired) electrons. The highest BCUT2D eigenvalue weighted by atomic mass is 14.6. The van der Waals surface area contributed by atoms with E-state index in [1.807, 2.05) is 37.2 Å². The first-order valence-corrected chi connectivity index (χ1v) is 16.1. The number of aromatic nitrogens is 3. The second-order valence-corrected chi connectivity index (χ2v) is 12.9. The van der Waals surface area contributed by atoms with Gasteiger partial charge in [0, 0.05) is 37.2 Å². The molecule has 0 atom stereocenters. The Labute approximate surface area is 274 Å². The van der Waals surface area contributed by atoms with E-state index in [9.17, 15) is 0 Å². The van der Waals surface area contributed by atoms with E-state index in [1.165, 1.54) is 99.8 Å². The molecule has 0 saturated heterocycles. The lowest BCUT2D eigenvalue weighted by Crippen LogP contribution is -2.58. The first kappa shape index (κ1) is 31.2. The summed E-state index contributed by atoms with van der Waals surface area (Å²) in [4.78, 5) is 13.0. The molecular formula is C42H42BN3. The first-order valence-electron chi connectivity index (χ1n) is 16.1. The summed E-state index contributed by atoms with van der Waals surface area (Å²) in [6.07, 6.45) is 11.4. The van der Waals surface area contributed by atoms with Gasteiger partial charge in [0.25, 0.3) is 0 Å². The van der Waals surface area contributed by atoms with Crippen LogP contribution in [0.4, 0.5) is 0 Å². The third-order valence-electron chi connectivity index (χ3n) is 9.87. The summed E-state index contributed by atoms with van der Waals surface area (Å²) in [7, 11) is 0. The van der Waals surface area contributed by atoms with E-state index in [1.54, 1.807) is 0 Å². The minimum atomic E-state index is 0.0172. The van der Waals surface area contributed by atoms with Crippen molar-refractivity contribution in [3.05, 3.63) is 142 Å². The number of nitrogens with zero attached hydrogens (tertiary/aromatic N) is 3. The van der Waals surface area contributed by atoms with Crippen LogP contribution in [0.15, 0.2) is 91.8 Å². The van der Waals surface area contributed by atoms with E-state index in [0.717, 1.165) is 0 Å². The van der Waals surface area contributed by atoms with Crippen molar-refractivity contribution in [2.45, 2.75) is 62.3 Å². The fourth-order valence-electron chi connectivity index (χ4n) is 8.26. The standard InChI is InChI=1S/C42H42BN3/c1-25-22-28(4)40(31(7)37(25)34-10-16-44-17-11-34)43(41-29(5)23-26(2)38(32(41)8)35-12-18-45-19-13-35)42-30(6)24-27(3)39(33(42)9)36-14-20-46-21-15-36/h10-24H,1-9H3. The lowest BCUT2D eigenvalue weighted by molar-refractivity contribution is 1.29. The average molecular weight is 600 g/mol. The molecule has 0 N–H and O–H groups in total. The molecule has 0 fully saturated rings. The Hall–Kier alpha value is -4.83. The maximum absolute atomic E-state index is 4.33. The molecule has 4 heteroatoms. The second kappa shape index (κ2) is 12.5. The highest BCUT2D eigenvalue weighted by Crippen LogP contribution is 2.32. The maximum atomic E-state index is 4.33. The topological polar surface area (TPSA) is 38.7 Å². The normalized spacial score (nSPS) is 11.2. The predicted molar refractivity (Wildman–Crippen MR) is 196 cm³/mol. The van der Waals surface area contributed by atoms with Crippen LogP contribution >= 0.6 is 0 Å². The first-order chi connectivity index (χ1) is 22.1. The summed E-state index contributed by atoms with van der Waals surface area (Å²) in [6, 6.07) is 20.0. The van der Waals surface area contributed by atoms with Crippen LogP contribution < -0.4 is 16.4 Å². The Morgan fingerprint density at radius 2 is 0.587 bits per heavy atom. The lowest BCUT2D eigenvalue weighted by atomic mass is 9.32. The summed E-state index contributed by atoms with van der Waals surface area (Å²) in [5.41, 5.74) is 23.4. The fraction of sp³-hybridized carbons (Fsp3) is 0.214. The minimum Gasteiger partial charge on any atom is -0.265 e. The van der Waals surface area contributed by atoms with Gasteiger partial charge in [0.15, 0.2) is 0 Å². The second-order valence-electron chi connectivity index (χ2n) is 12.9. The molecule has 0 bridgehead atoms. The molecule has 3 nitrogen and oxygen atoms in total. The smallest absolute Gasteiger partial charge is 0.243 e. The van der Waals surface area contributed by atoms with E-state index in [-0.39, 0.29) is 6.71 Å². The van der Waals surface area contributed by atoms with Crippen molar-refractivity contribution in [2.75, 3.05) is 0 Å². The molecule has 3 aromatic carbocycles. The van der Waals surface area contributed by atoms with Crippen LogP contribution in [0.25, 0.3) is 33.4 Å². The van der Waals surface area contributed by atoms with Gasteiger partial charge in [-0.05, 0) is 165 Å². The molecule has 0 aliphatic rings. The number of rotatable bonds is 6. The number of hydrogen-bond acceptors (Lipinski definition) is 3. The lowest BCUT2D eigenvalue weighted by Gasteiger charge is -2.31. The van der Waals surface area contributed by atoms with E-state index in [4.69, 9.17) is 0 Å². The van der Waals surface area contributed by atoms with Gasteiger partial charge in [-0.15, -0.1) is 0 Å². The summed E-state index contributed by atoms with van der Waals surface area (Å²) in [5.74, 6) is 0. The quantitative estimate of drug-likeness (QED) is 0.181. The summed E-state index contributed by atoms with van der Waals surface area (Å²) >= 11 is 0. The molecule has 6 rings (SSSR count). The van der Waals surface area contributed by atoms with Gasteiger partial charge in [0.1, 0.15) is 0 Å². The van der Waals surface area contributed by atoms with Gasteiger partial charge in [0.2, 0.25) is 6.71 Å². The zero-order chi connectivity index (χ0) is 32.7. The summed E-state index contributed by atoms with van der Waals surface area (Å²) in [6.45, 7) is 20.6. The Morgan fingerprint density at radius 3 is 0.826 bits per heavy atom. The van der Waals surface area contributed by atoms with Gasteiger partial charge in [-0.3, -0.25) is 15.0 Å². The molecule has 0 aliphatic carbocycles. The molecule has 6 aromatic rings. The van der Waals surface area contributed by atoms with Crippen LogP contribution in [0.2, 0.25) is 0 Å². The minimum absolute atomic E-state index is 0.0172. The Balaban J connectivity index is 1.77. The molecule has 46 heavy (non-hydrogen) atoms. The highest BCUT2D eigenvalue weighted by molar-refractivity contribution is 6.97. The van der Waals surface area contributed by atoms with Crippen LogP contribution in [-0.2, 0) is 0 Å². The largest absolute Gasteiger partial charge is 0.265 e. The van der Waals surface area contributed by atoms with Gasteiger partial charge < -0.3 is 0 Å². The molecule has 0 amide bonds. The number of benzene rings is 3. The van der Waals surface area contributed by atoms with E-state index < -0.39 is 0 Å². The number of aryl methyl sites for hydroxylation is 6. The van der Waals surface area contributed by atoms with Crippen molar-refractivity contribution in [3.8, 4) is 33.4 Å². The molecule has 0 unspecified atom stereocenters. The Kier molecular flexibility index (Phi) is 8.48. The van der Waals surface area contributed by atoms with Crippen molar-refractivity contribution in [1.29, 1.82) is 0 Å². The van der Waals surface area contributed by atoms with Crippen LogP contribution in [0.1, 0.15) is 50.1 Å². The zero-order valence-corrected chi connectivity index (χ0v) is 28.6. The molecule has 3 aromatic heterocycles. The SMILES string of the molecule is Cc1cc(C)c(-c2ccncc2)c(C)c1B(c1c(C)cc(C)c(-c2ccncc2)c1C)c1c(C)cc(C)c(-c2ccncc2)c1C. The molecule has 0 spiro atoms. The van der Waals surface area contributed by atoms with Gasteiger partial charge in [-0.1, -0.05) is 51.3 Å². The molecule has 3 heterocycles. The van der Waals surface area contributed by atoms with Gasteiger partial charge in [-0.2, -0.15) is 0 Å². The maximum Gasteiger partial charge on any atom is 0.243 e. The van der Waals surface area contributed by atoms with E-state index in [2.05, 4.69) is 132 Å². The van der Waals surface area contributed by atoms with Crippen LogP contribution in [-0.4, -0.2) is 21.7 Å². The van der Waals surface area contributed by atoms with E-state index in [0.29, 0.717) is 0 Å². The predicted octanol–water partition coefficient (Wildman–Crippen LogP) is 8.16. The third kappa shape index (κ3) is 5.36. The Bertz CT molecular complexity index is 1830. The molecule has 0 saturated carbocycles. The highest BCUT2D eigenvalue weighted by Gasteiger charge is 2.34. The van der Waals surface area contributed by atoms with Crippen molar-refractivity contribution >= 4 is 23.1 Å². The Morgan fingerprint density at radius 1 is 0.348 bits per heavy atom. The fourth-order valence-corrected chi connectivity index (χ4v) is 8.26. The number of pyridine rings is 3. The molecule has 228 valence electrons. The van der Waals surface area contributed by atoms with Crippen LogP contribution in [0, 0.1) is 62.3 Å². The van der Waals surface area contributed by atoms with Crippen molar-refractivity contribution in [3.63, 3.8) is 0 Å². The van der Waals surface area contributed by atoms with E-state index >= 15 is 0 Å². The molecule has 0 aliphatic heterocycles. The third-order valence-corrected chi connectivity index (χ3v) is 9.87. The van der Waals surface area contributed by atoms with Crippen LogP contribution in [0.3, 0.4) is 0 Å². The molecular weight excluding hydrogens is 557 g/mol. The van der Waals surface area contributed by atoms with Crippen molar-refractivity contribution < 1.29 is 0 Å². The summed E-state index contributed by atoms with van der Waals surface area (Å²) < 4.78 is 0. The van der Waals surface area contributed by atoms with Gasteiger partial charge in [0.05, 0.1) is 0 Å². The van der Waals surface area contributed by atoms with Crippen molar-refractivity contribution in [2.24, 2.45) is 0 Å². The van der Waals surface area contributed by atoms with Crippen molar-refractivity contribution in [1.82, 2.24) is 15.0 Å². The van der Waals surface area contributed by atoms with Gasteiger partial charge >= 0.3 is 0 Å².